The molecular weight excluding hydrogens is 372 g/mol. The van der Waals surface area contributed by atoms with Crippen LogP contribution < -0.4 is 10.1 Å². The van der Waals surface area contributed by atoms with E-state index in [1.807, 2.05) is 6.92 Å². The quantitative estimate of drug-likeness (QED) is 0.543. The van der Waals surface area contributed by atoms with Gasteiger partial charge in [-0.3, -0.25) is 19.8 Å². The van der Waals surface area contributed by atoms with Gasteiger partial charge >= 0.3 is 6.61 Å². The molecule has 0 atom stereocenters. The number of carbonyl (C=O) groups is 1. The van der Waals surface area contributed by atoms with E-state index in [0.717, 1.165) is 11.1 Å². The van der Waals surface area contributed by atoms with Gasteiger partial charge in [-0.05, 0) is 49.7 Å². The Labute approximate surface area is 161 Å². The number of ether oxygens (including phenoxy) is 1. The summed E-state index contributed by atoms with van der Waals surface area (Å²) in [6.45, 7) is 1.02. The second-order valence-electron chi connectivity index (χ2n) is 6.40. The molecule has 0 saturated carbocycles. The Kier molecular flexibility index (Phi) is 7.00. The molecule has 0 bridgehead atoms. The number of amides is 1. The first-order valence-electron chi connectivity index (χ1n) is 8.44. The van der Waals surface area contributed by atoms with Gasteiger partial charge in [0.1, 0.15) is 11.4 Å². The molecule has 0 saturated heterocycles. The van der Waals surface area contributed by atoms with Crippen molar-refractivity contribution in [2.75, 3.05) is 18.9 Å². The van der Waals surface area contributed by atoms with Gasteiger partial charge in [0.05, 0.1) is 11.5 Å². The van der Waals surface area contributed by atoms with Gasteiger partial charge < -0.3 is 10.1 Å². The third kappa shape index (κ3) is 5.71. The number of nitro groups is 1. The van der Waals surface area contributed by atoms with Crippen LogP contribution in [0.5, 0.6) is 5.75 Å². The van der Waals surface area contributed by atoms with Crippen molar-refractivity contribution in [3.63, 3.8) is 0 Å². The van der Waals surface area contributed by atoms with Crippen molar-refractivity contribution >= 4 is 17.3 Å². The van der Waals surface area contributed by atoms with Crippen LogP contribution in [0.2, 0.25) is 0 Å². The van der Waals surface area contributed by atoms with Crippen molar-refractivity contribution in [2.24, 2.45) is 0 Å². The van der Waals surface area contributed by atoms with Crippen molar-refractivity contribution in [2.45, 2.75) is 27.0 Å². The van der Waals surface area contributed by atoms with Crippen LogP contribution in [0.15, 0.2) is 36.4 Å². The molecule has 28 heavy (non-hydrogen) atoms. The van der Waals surface area contributed by atoms with E-state index in [4.69, 9.17) is 0 Å². The Morgan fingerprint density at radius 3 is 2.43 bits per heavy atom. The molecule has 0 fully saturated rings. The number of nitrogens with one attached hydrogen (secondary N) is 1. The van der Waals surface area contributed by atoms with E-state index in [9.17, 15) is 23.7 Å². The van der Waals surface area contributed by atoms with Crippen molar-refractivity contribution in [3.05, 3.63) is 63.2 Å². The van der Waals surface area contributed by atoms with Gasteiger partial charge in [0, 0.05) is 12.6 Å². The fourth-order valence-corrected chi connectivity index (χ4v) is 2.68. The molecule has 0 radical (unpaired) electrons. The number of halogens is 2. The fourth-order valence-electron chi connectivity index (χ4n) is 2.68. The van der Waals surface area contributed by atoms with Gasteiger partial charge in [-0.25, -0.2) is 0 Å². The highest BCUT2D eigenvalue weighted by atomic mass is 19.3. The van der Waals surface area contributed by atoms with Crippen LogP contribution in [-0.4, -0.2) is 35.9 Å². The number of hydrogen-bond acceptors (Lipinski definition) is 5. The van der Waals surface area contributed by atoms with E-state index in [-0.39, 0.29) is 23.7 Å². The first-order valence-corrected chi connectivity index (χ1v) is 8.44. The van der Waals surface area contributed by atoms with Gasteiger partial charge in [0.2, 0.25) is 5.91 Å². The van der Waals surface area contributed by atoms with Gasteiger partial charge in [0.15, 0.2) is 0 Å². The lowest BCUT2D eigenvalue weighted by atomic mass is 10.1. The van der Waals surface area contributed by atoms with Crippen LogP contribution in [0.1, 0.15) is 16.7 Å². The number of rotatable bonds is 8. The lowest BCUT2D eigenvalue weighted by Gasteiger charge is -2.17. The summed E-state index contributed by atoms with van der Waals surface area (Å²) in [5.41, 5.74) is 2.31. The molecule has 0 spiro atoms. The Morgan fingerprint density at radius 2 is 1.86 bits per heavy atom. The average Bonchev–Trinajstić information content (AvgIpc) is 2.60. The number of nitrogens with zero attached hydrogens (tertiary/aromatic N) is 2. The summed E-state index contributed by atoms with van der Waals surface area (Å²) in [5, 5.41) is 13.8. The maximum atomic E-state index is 12.3. The van der Waals surface area contributed by atoms with Gasteiger partial charge in [-0.15, -0.1) is 0 Å². The first-order chi connectivity index (χ1) is 13.2. The number of alkyl halides is 2. The molecule has 9 heteroatoms. The third-order valence-electron chi connectivity index (χ3n) is 4.19. The molecule has 2 aromatic rings. The Morgan fingerprint density at radius 1 is 1.21 bits per heavy atom. The van der Waals surface area contributed by atoms with Crippen molar-refractivity contribution in [3.8, 4) is 5.75 Å². The zero-order valence-electron chi connectivity index (χ0n) is 15.7. The predicted molar refractivity (Wildman–Crippen MR) is 101 cm³/mol. The molecule has 0 aliphatic carbocycles. The molecule has 0 aliphatic rings. The summed E-state index contributed by atoms with van der Waals surface area (Å²) in [6, 6.07) is 9.11. The second-order valence-corrected chi connectivity index (χ2v) is 6.40. The number of carbonyl (C=O) groups excluding carboxylic acids is 1. The molecule has 1 N–H and O–H groups in total. The largest absolute Gasteiger partial charge is 0.435 e. The number of anilines is 1. The lowest BCUT2D eigenvalue weighted by Crippen LogP contribution is -2.30. The van der Waals surface area contributed by atoms with E-state index in [2.05, 4.69) is 10.1 Å². The van der Waals surface area contributed by atoms with Crippen molar-refractivity contribution in [1.29, 1.82) is 0 Å². The summed E-state index contributed by atoms with van der Waals surface area (Å²) in [7, 11) is 1.71. The van der Waals surface area contributed by atoms with Crippen LogP contribution in [0.4, 0.5) is 20.2 Å². The molecule has 1 amide bonds. The standard InChI is InChI=1S/C19H21F2N3O4/c1-12-4-9-16(24(26)27)18(13(12)2)22-17(25)11-23(3)10-14-5-7-15(8-6-14)28-19(20)21/h4-9,19H,10-11H2,1-3H3,(H,22,25). The number of aryl methyl sites for hydroxylation is 1. The topological polar surface area (TPSA) is 84.7 Å². The fraction of sp³-hybridized carbons (Fsp3) is 0.316. The van der Waals surface area contributed by atoms with Crippen LogP contribution in [0.25, 0.3) is 0 Å². The lowest BCUT2D eigenvalue weighted by molar-refractivity contribution is -0.384. The van der Waals surface area contributed by atoms with E-state index in [0.29, 0.717) is 12.1 Å². The zero-order chi connectivity index (χ0) is 20.8. The number of nitro benzene ring substituents is 1. The Bertz CT molecular complexity index is 857. The summed E-state index contributed by atoms with van der Waals surface area (Å²) < 4.78 is 28.6. The summed E-state index contributed by atoms with van der Waals surface area (Å²) in [6.07, 6.45) is 0. The normalized spacial score (nSPS) is 11.0. The van der Waals surface area contributed by atoms with Gasteiger partial charge in [-0.1, -0.05) is 18.2 Å². The molecule has 150 valence electrons. The van der Waals surface area contributed by atoms with E-state index in [1.165, 1.54) is 18.2 Å². The highest BCUT2D eigenvalue weighted by Gasteiger charge is 2.20. The van der Waals surface area contributed by atoms with E-state index >= 15 is 0 Å². The summed E-state index contributed by atoms with van der Waals surface area (Å²) in [5.74, 6) is -0.335. The molecule has 7 nitrogen and oxygen atoms in total. The SMILES string of the molecule is Cc1ccc([N+](=O)[O-])c(NC(=O)CN(C)Cc2ccc(OC(F)F)cc2)c1C. The Hall–Kier alpha value is -3.07. The predicted octanol–water partition coefficient (Wildman–Crippen LogP) is 3.88. The van der Waals surface area contributed by atoms with Crippen LogP contribution in [-0.2, 0) is 11.3 Å². The molecule has 0 heterocycles. The zero-order valence-corrected chi connectivity index (χ0v) is 15.7. The minimum Gasteiger partial charge on any atom is -0.435 e. The highest BCUT2D eigenvalue weighted by molar-refractivity contribution is 5.95. The van der Waals surface area contributed by atoms with E-state index < -0.39 is 17.4 Å². The number of benzene rings is 2. The number of likely N-dealkylation sites (N-methyl/N-ethyl adjacent to an activating group) is 1. The van der Waals surface area contributed by atoms with E-state index in [1.54, 1.807) is 37.1 Å². The molecular formula is C19H21F2N3O4. The third-order valence-corrected chi connectivity index (χ3v) is 4.19. The summed E-state index contributed by atoms with van der Waals surface area (Å²) in [4.78, 5) is 24.7. The smallest absolute Gasteiger partial charge is 0.387 e. The number of hydrogen-bond donors (Lipinski definition) is 1. The minimum absolute atomic E-state index is 0.000177. The maximum absolute atomic E-state index is 12.3. The van der Waals surface area contributed by atoms with Crippen LogP contribution in [0.3, 0.4) is 0 Å². The van der Waals surface area contributed by atoms with Crippen molar-refractivity contribution in [1.82, 2.24) is 4.90 Å². The monoisotopic (exact) mass is 393 g/mol. The Balaban J connectivity index is 2.00. The van der Waals surface area contributed by atoms with Crippen LogP contribution >= 0.6 is 0 Å². The highest BCUT2D eigenvalue weighted by Crippen LogP contribution is 2.30. The minimum atomic E-state index is -2.88. The molecule has 0 unspecified atom stereocenters. The van der Waals surface area contributed by atoms with Gasteiger partial charge in [0.25, 0.3) is 5.69 Å². The average molecular weight is 393 g/mol. The first kappa shape index (κ1) is 21.2. The second kappa shape index (κ2) is 9.23. The molecule has 0 aliphatic heterocycles. The van der Waals surface area contributed by atoms with Gasteiger partial charge in [-0.2, -0.15) is 8.78 Å². The van der Waals surface area contributed by atoms with Crippen molar-refractivity contribution < 1.29 is 23.2 Å². The molecule has 2 rings (SSSR count). The maximum Gasteiger partial charge on any atom is 0.387 e. The summed E-state index contributed by atoms with van der Waals surface area (Å²) >= 11 is 0. The molecule has 0 aromatic heterocycles. The molecule has 2 aromatic carbocycles. The van der Waals surface area contributed by atoms with Crippen LogP contribution in [0, 0.1) is 24.0 Å².